The lowest BCUT2D eigenvalue weighted by Crippen LogP contribution is -2.46. The summed E-state index contributed by atoms with van der Waals surface area (Å²) >= 11 is 1.57. The zero-order valence-electron chi connectivity index (χ0n) is 17.7. The molecule has 0 aromatic carbocycles. The van der Waals surface area contributed by atoms with Crippen molar-refractivity contribution in [1.29, 1.82) is 0 Å². The molecule has 9 heteroatoms. The van der Waals surface area contributed by atoms with Crippen LogP contribution in [0.1, 0.15) is 29.2 Å². The molecular formula is C22H28N4O4S. The number of hydrogen-bond acceptors (Lipinski definition) is 7. The van der Waals surface area contributed by atoms with Gasteiger partial charge >= 0.3 is 0 Å². The first-order valence-electron chi connectivity index (χ1n) is 10.5. The molecule has 1 fully saturated rings. The molecule has 1 saturated heterocycles. The van der Waals surface area contributed by atoms with E-state index >= 15 is 0 Å². The number of pyridine rings is 1. The van der Waals surface area contributed by atoms with E-state index in [1.165, 1.54) is 0 Å². The minimum absolute atomic E-state index is 0.0587. The number of allylic oxidation sites excluding steroid dienone is 1. The predicted octanol–water partition coefficient (Wildman–Crippen LogP) is 1.26. The van der Waals surface area contributed by atoms with Crippen LogP contribution in [0.5, 0.6) is 0 Å². The number of rotatable bonds is 8. The fraction of sp³-hybridized carbons (Fsp3) is 0.500. The minimum Gasteiger partial charge on any atom is -0.396 e. The molecular weight excluding hydrogens is 416 g/mol. The van der Waals surface area contributed by atoms with Crippen LogP contribution in [0.4, 0.5) is 0 Å². The number of hydrogen-bond donors (Lipinski definition) is 2. The van der Waals surface area contributed by atoms with Gasteiger partial charge in [-0.2, -0.15) is 0 Å². The summed E-state index contributed by atoms with van der Waals surface area (Å²) in [4.78, 5) is 33.0. The van der Waals surface area contributed by atoms with Crippen LogP contribution >= 0.6 is 11.3 Å². The topological polar surface area (TPSA) is 96.7 Å². The Balaban J connectivity index is 1.77. The first kappa shape index (κ1) is 21.9. The molecule has 0 unspecified atom stereocenters. The Morgan fingerprint density at radius 2 is 2.29 bits per heavy atom. The van der Waals surface area contributed by atoms with Crippen molar-refractivity contribution in [2.75, 3.05) is 26.9 Å². The number of ether oxygens (including phenoxy) is 1. The number of nitrogens with zero attached hydrogens (tertiary/aromatic N) is 3. The average Bonchev–Trinajstić information content (AvgIpc) is 3.34. The van der Waals surface area contributed by atoms with Crippen molar-refractivity contribution in [2.45, 2.75) is 32.1 Å². The zero-order chi connectivity index (χ0) is 22.0. The second-order valence-electron chi connectivity index (χ2n) is 7.90. The van der Waals surface area contributed by atoms with Crippen molar-refractivity contribution < 1.29 is 14.6 Å². The molecule has 8 nitrogen and oxygen atoms in total. The number of methoxy groups -OCH3 is 1. The molecule has 0 saturated carbocycles. The molecule has 31 heavy (non-hydrogen) atoms. The van der Waals surface area contributed by atoms with E-state index in [1.54, 1.807) is 35.3 Å². The summed E-state index contributed by atoms with van der Waals surface area (Å²) in [5, 5.41) is 16.1. The monoisotopic (exact) mass is 444 g/mol. The number of aliphatic hydroxyl groups excluding tert-OH is 1. The molecule has 2 bridgehead atoms. The van der Waals surface area contributed by atoms with Gasteiger partial charge in [-0.15, -0.1) is 11.3 Å². The molecule has 2 aliphatic rings. The van der Waals surface area contributed by atoms with Gasteiger partial charge in [-0.05, 0) is 19.1 Å². The normalized spacial score (nSPS) is 25.1. The molecule has 2 aromatic rings. The number of thiazole rings is 1. The third-order valence-corrected chi connectivity index (χ3v) is 7.02. The highest BCUT2D eigenvalue weighted by molar-refractivity contribution is 7.09. The molecule has 166 valence electrons. The predicted molar refractivity (Wildman–Crippen MR) is 119 cm³/mol. The van der Waals surface area contributed by atoms with Crippen LogP contribution in [0.15, 0.2) is 34.6 Å². The summed E-state index contributed by atoms with van der Waals surface area (Å²) in [6.07, 6.45) is 5.42. The van der Waals surface area contributed by atoms with Crippen LogP contribution in [0.3, 0.4) is 0 Å². The highest BCUT2D eigenvalue weighted by atomic mass is 32.1. The number of aliphatic hydroxyl groups is 1. The number of carbonyl (C=O) groups excluding carboxylic acids is 1. The third kappa shape index (κ3) is 3.98. The molecule has 2 N–H and O–H groups in total. The van der Waals surface area contributed by atoms with Gasteiger partial charge in [-0.1, -0.05) is 12.2 Å². The maximum Gasteiger partial charge on any atom is 0.258 e. The largest absolute Gasteiger partial charge is 0.396 e. The van der Waals surface area contributed by atoms with Crippen molar-refractivity contribution in [2.24, 2.45) is 11.8 Å². The number of amides is 1. The highest BCUT2D eigenvalue weighted by Crippen LogP contribution is 2.49. The van der Waals surface area contributed by atoms with Gasteiger partial charge in [0.1, 0.15) is 5.01 Å². The van der Waals surface area contributed by atoms with Gasteiger partial charge in [0, 0.05) is 61.6 Å². The van der Waals surface area contributed by atoms with Crippen molar-refractivity contribution in [3.8, 4) is 0 Å². The number of carbonyl (C=O) groups is 1. The summed E-state index contributed by atoms with van der Waals surface area (Å²) in [5.74, 6) is -0.865. The Morgan fingerprint density at radius 1 is 1.45 bits per heavy atom. The quantitative estimate of drug-likeness (QED) is 0.595. The maximum atomic E-state index is 13.2. The van der Waals surface area contributed by atoms with Crippen molar-refractivity contribution in [1.82, 2.24) is 19.8 Å². The highest BCUT2D eigenvalue weighted by Gasteiger charge is 2.55. The van der Waals surface area contributed by atoms with Gasteiger partial charge in [0.2, 0.25) is 5.91 Å². The molecule has 4 heterocycles. The fourth-order valence-corrected chi connectivity index (χ4v) is 5.57. The SMILES string of the molecule is CC=Cc1ccc2n(c1=O)C[C@H]1[C@H](CO)[C@@H](C(=O)NCCOC)[C@@H]2N1Cc1nccs1. The molecule has 4 rings (SSSR count). The van der Waals surface area contributed by atoms with E-state index in [1.807, 2.05) is 30.5 Å². The smallest absolute Gasteiger partial charge is 0.258 e. The molecule has 0 aliphatic carbocycles. The molecule has 2 aromatic heterocycles. The van der Waals surface area contributed by atoms with Crippen LogP contribution in [-0.4, -0.2) is 58.4 Å². The van der Waals surface area contributed by atoms with Crippen LogP contribution < -0.4 is 10.9 Å². The molecule has 1 amide bonds. The molecule has 2 aliphatic heterocycles. The van der Waals surface area contributed by atoms with Crippen LogP contribution in [0.2, 0.25) is 0 Å². The van der Waals surface area contributed by atoms with Gasteiger partial charge in [-0.3, -0.25) is 14.5 Å². The van der Waals surface area contributed by atoms with Crippen LogP contribution in [0.25, 0.3) is 6.08 Å². The van der Waals surface area contributed by atoms with Crippen LogP contribution in [-0.2, 0) is 22.6 Å². The lowest BCUT2D eigenvalue weighted by Gasteiger charge is -2.37. The van der Waals surface area contributed by atoms with Crippen molar-refractivity contribution in [3.05, 3.63) is 56.4 Å². The van der Waals surface area contributed by atoms with E-state index in [0.29, 0.717) is 31.8 Å². The Hall–Kier alpha value is -2.33. The summed E-state index contributed by atoms with van der Waals surface area (Å²) in [5.41, 5.74) is 1.38. The maximum absolute atomic E-state index is 13.2. The van der Waals surface area contributed by atoms with Crippen molar-refractivity contribution in [3.63, 3.8) is 0 Å². The molecule has 0 spiro atoms. The van der Waals surface area contributed by atoms with Gasteiger partial charge in [0.15, 0.2) is 0 Å². The van der Waals surface area contributed by atoms with E-state index < -0.39 is 5.92 Å². The van der Waals surface area contributed by atoms with E-state index in [0.717, 1.165) is 10.7 Å². The van der Waals surface area contributed by atoms with Crippen molar-refractivity contribution >= 4 is 23.3 Å². The number of fused-ring (bicyclic) bond motifs is 4. The Bertz CT molecular complexity index is 1000. The zero-order valence-corrected chi connectivity index (χ0v) is 18.5. The first-order valence-corrected chi connectivity index (χ1v) is 11.4. The van der Waals surface area contributed by atoms with Gasteiger partial charge in [-0.25, -0.2) is 4.98 Å². The van der Waals surface area contributed by atoms with Gasteiger partial charge < -0.3 is 19.7 Å². The fourth-order valence-electron chi connectivity index (χ4n) is 4.95. The summed E-state index contributed by atoms with van der Waals surface area (Å²) in [6, 6.07) is 3.32. The summed E-state index contributed by atoms with van der Waals surface area (Å²) in [7, 11) is 1.59. The van der Waals surface area contributed by atoms with E-state index in [2.05, 4.69) is 15.2 Å². The third-order valence-electron chi connectivity index (χ3n) is 6.26. The lowest BCUT2D eigenvalue weighted by atomic mass is 9.86. The second-order valence-corrected chi connectivity index (χ2v) is 8.87. The summed E-state index contributed by atoms with van der Waals surface area (Å²) in [6.45, 7) is 3.60. The molecule has 4 atom stereocenters. The number of aromatic nitrogens is 2. The lowest BCUT2D eigenvalue weighted by molar-refractivity contribution is -0.127. The van der Waals surface area contributed by atoms with Gasteiger partial charge in [0.05, 0.1) is 25.1 Å². The van der Waals surface area contributed by atoms with E-state index in [4.69, 9.17) is 4.74 Å². The van der Waals surface area contributed by atoms with E-state index in [-0.39, 0.29) is 36.1 Å². The minimum atomic E-state index is -0.465. The first-order chi connectivity index (χ1) is 15.1. The standard InChI is InChI=1S/C22H28N4O4S/c1-3-4-14-5-6-16-20-19(21(28)24-7-9-30-2)15(13-27)17(11-26(16)22(14)29)25(20)12-18-23-8-10-31-18/h3-6,8,10,15,17,19-20,27H,7,9,11-13H2,1-2H3,(H,24,28)/t15-,17-,19+,20+/m0/s1. The Kier molecular flexibility index (Phi) is 6.66. The average molecular weight is 445 g/mol. The second kappa shape index (κ2) is 9.44. The van der Waals surface area contributed by atoms with Gasteiger partial charge in [0.25, 0.3) is 5.56 Å². The molecule has 0 radical (unpaired) electrons. The number of nitrogens with one attached hydrogen (secondary N) is 1. The Morgan fingerprint density at radius 3 is 2.97 bits per heavy atom. The summed E-state index contributed by atoms with van der Waals surface area (Å²) < 4.78 is 6.85. The van der Waals surface area contributed by atoms with Crippen LogP contribution in [0, 0.1) is 11.8 Å². The Labute approximate surface area is 185 Å². The van der Waals surface area contributed by atoms with E-state index in [9.17, 15) is 14.7 Å².